The van der Waals surface area contributed by atoms with Gasteiger partial charge >= 0.3 is 0 Å². The smallest absolute Gasteiger partial charge is 0.259 e. The summed E-state index contributed by atoms with van der Waals surface area (Å²) in [6.07, 6.45) is 0. The lowest BCUT2D eigenvalue weighted by atomic mass is 10.1. The van der Waals surface area contributed by atoms with E-state index >= 15 is 0 Å². The summed E-state index contributed by atoms with van der Waals surface area (Å²) in [5, 5.41) is 20.4. The Morgan fingerprint density at radius 3 is 2.52 bits per heavy atom. The molecule has 1 aromatic heterocycles. The third kappa shape index (κ3) is 2.86. The molecule has 0 saturated heterocycles. The molecule has 1 heterocycles. The number of H-pyrrole nitrogens is 1. The average molecular weight is 300 g/mol. The van der Waals surface area contributed by atoms with E-state index in [2.05, 4.69) is 15.3 Å². The van der Waals surface area contributed by atoms with Crippen molar-refractivity contribution in [1.82, 2.24) is 9.97 Å². The predicted octanol–water partition coefficient (Wildman–Crippen LogP) is 2.68. The first-order valence-electron chi connectivity index (χ1n) is 5.94. The number of nitriles is 2. The quantitative estimate of drug-likeness (QED) is 0.889. The Balaban J connectivity index is 2.31. The number of rotatable bonds is 2. The van der Waals surface area contributed by atoms with E-state index in [0.29, 0.717) is 10.6 Å². The number of aryl methyl sites for hydroxylation is 2. The van der Waals surface area contributed by atoms with Crippen LogP contribution in [0, 0.1) is 36.5 Å². The zero-order valence-electron chi connectivity index (χ0n) is 11.3. The van der Waals surface area contributed by atoms with Crippen LogP contribution in [0.4, 0.5) is 5.95 Å². The Bertz CT molecular complexity index is 778. The van der Waals surface area contributed by atoms with Gasteiger partial charge in [-0.3, -0.25) is 10.1 Å². The van der Waals surface area contributed by atoms with Crippen LogP contribution in [0.5, 0.6) is 0 Å². The van der Waals surface area contributed by atoms with Crippen molar-refractivity contribution in [3.63, 3.8) is 0 Å². The number of nitrogens with one attached hydrogen (secondary N) is 2. The maximum Gasteiger partial charge on any atom is 0.259 e. The van der Waals surface area contributed by atoms with E-state index in [1.54, 1.807) is 24.3 Å². The van der Waals surface area contributed by atoms with Gasteiger partial charge in [0.05, 0.1) is 10.6 Å². The molecular weight excluding hydrogens is 290 g/mol. The van der Waals surface area contributed by atoms with Crippen molar-refractivity contribution in [3.05, 3.63) is 45.2 Å². The minimum Gasteiger partial charge on any atom is -0.314 e. The van der Waals surface area contributed by atoms with Gasteiger partial charge in [-0.1, -0.05) is 11.6 Å². The molecule has 2 rings (SSSR count). The van der Waals surface area contributed by atoms with Crippen LogP contribution in [-0.4, -0.2) is 15.9 Å². The van der Waals surface area contributed by atoms with E-state index in [1.807, 2.05) is 13.8 Å². The number of benzene rings is 1. The summed E-state index contributed by atoms with van der Waals surface area (Å²) in [6.45, 7) is 3.77. The third-order valence-electron chi connectivity index (χ3n) is 2.98. The number of halogens is 1. The number of carbonyl (C=O) groups is 1. The lowest BCUT2D eigenvalue weighted by Gasteiger charge is -2.07. The predicted molar refractivity (Wildman–Crippen MR) is 76.9 cm³/mol. The molecule has 6 nitrogen and oxygen atoms in total. The molecule has 0 aliphatic carbocycles. The van der Waals surface area contributed by atoms with Gasteiger partial charge in [0.1, 0.15) is 12.1 Å². The molecule has 21 heavy (non-hydrogen) atoms. The van der Waals surface area contributed by atoms with Gasteiger partial charge in [0, 0.05) is 0 Å². The molecule has 0 unspecified atom stereocenters. The Labute approximate surface area is 126 Å². The highest BCUT2D eigenvalue weighted by atomic mass is 35.5. The monoisotopic (exact) mass is 299 g/mol. The fourth-order valence-corrected chi connectivity index (χ4v) is 2.03. The SMILES string of the molecule is Cc1cc(Cl)c(C(=O)Nc2nc(C#N)c(C#N)[nH]2)cc1C. The highest BCUT2D eigenvalue weighted by Gasteiger charge is 2.15. The second-order valence-electron chi connectivity index (χ2n) is 4.40. The van der Waals surface area contributed by atoms with Crippen molar-refractivity contribution in [1.29, 1.82) is 10.5 Å². The molecule has 0 radical (unpaired) electrons. The molecule has 0 atom stereocenters. The minimum atomic E-state index is -0.467. The highest BCUT2D eigenvalue weighted by molar-refractivity contribution is 6.34. The van der Waals surface area contributed by atoms with Crippen LogP contribution in [0.1, 0.15) is 32.9 Å². The van der Waals surface area contributed by atoms with E-state index in [4.69, 9.17) is 22.1 Å². The van der Waals surface area contributed by atoms with Crippen LogP contribution in [-0.2, 0) is 0 Å². The van der Waals surface area contributed by atoms with E-state index in [9.17, 15) is 4.79 Å². The van der Waals surface area contributed by atoms with E-state index in [1.165, 1.54) is 0 Å². The standard InChI is InChI=1S/C14H10ClN5O/c1-7-3-9(10(15)4-8(7)2)13(21)20-14-18-11(5-16)12(6-17)19-14/h3-4H,1-2H3,(H2,18,19,20,21). The van der Waals surface area contributed by atoms with Crippen LogP contribution in [0.2, 0.25) is 5.02 Å². The van der Waals surface area contributed by atoms with Gasteiger partial charge in [0.2, 0.25) is 5.95 Å². The Kier molecular flexibility index (Phi) is 3.93. The molecule has 0 fully saturated rings. The molecule has 0 aliphatic heterocycles. The number of amides is 1. The topological polar surface area (TPSA) is 105 Å². The van der Waals surface area contributed by atoms with Crippen LogP contribution < -0.4 is 5.32 Å². The highest BCUT2D eigenvalue weighted by Crippen LogP contribution is 2.22. The first-order chi connectivity index (χ1) is 9.96. The molecule has 0 bridgehead atoms. The maximum atomic E-state index is 12.2. The lowest BCUT2D eigenvalue weighted by molar-refractivity contribution is 0.102. The van der Waals surface area contributed by atoms with Crippen LogP contribution >= 0.6 is 11.6 Å². The molecule has 2 N–H and O–H groups in total. The number of imidazole rings is 1. The van der Waals surface area contributed by atoms with Gasteiger partial charge < -0.3 is 4.98 Å². The summed E-state index contributed by atoms with van der Waals surface area (Å²) in [5.41, 5.74) is 2.14. The molecule has 0 saturated carbocycles. The van der Waals surface area contributed by atoms with Gasteiger partial charge in [-0.05, 0) is 37.1 Å². The van der Waals surface area contributed by atoms with Crippen molar-refractivity contribution in [3.8, 4) is 12.1 Å². The number of aromatic nitrogens is 2. The Morgan fingerprint density at radius 1 is 1.29 bits per heavy atom. The number of hydrogen-bond acceptors (Lipinski definition) is 4. The Morgan fingerprint density at radius 2 is 1.95 bits per heavy atom. The van der Waals surface area contributed by atoms with Crippen molar-refractivity contribution in [2.45, 2.75) is 13.8 Å². The summed E-state index contributed by atoms with van der Waals surface area (Å²) < 4.78 is 0. The zero-order valence-corrected chi connectivity index (χ0v) is 12.0. The van der Waals surface area contributed by atoms with Crippen LogP contribution in [0.3, 0.4) is 0 Å². The summed E-state index contributed by atoms with van der Waals surface area (Å²) in [6, 6.07) is 6.93. The second-order valence-corrected chi connectivity index (χ2v) is 4.81. The number of aromatic amines is 1. The molecule has 1 amide bonds. The van der Waals surface area contributed by atoms with Crippen molar-refractivity contribution in [2.24, 2.45) is 0 Å². The van der Waals surface area contributed by atoms with Crippen molar-refractivity contribution >= 4 is 23.5 Å². The van der Waals surface area contributed by atoms with E-state index < -0.39 is 5.91 Å². The number of hydrogen-bond donors (Lipinski definition) is 2. The molecule has 104 valence electrons. The molecular formula is C14H10ClN5O. The van der Waals surface area contributed by atoms with Gasteiger partial charge in [-0.15, -0.1) is 0 Å². The van der Waals surface area contributed by atoms with Gasteiger partial charge in [-0.2, -0.15) is 10.5 Å². The molecule has 2 aromatic rings. The van der Waals surface area contributed by atoms with E-state index in [0.717, 1.165) is 11.1 Å². The fourth-order valence-electron chi connectivity index (χ4n) is 1.72. The maximum absolute atomic E-state index is 12.2. The molecule has 0 spiro atoms. The van der Waals surface area contributed by atoms with Crippen molar-refractivity contribution < 1.29 is 4.79 Å². The van der Waals surface area contributed by atoms with Gasteiger partial charge in [-0.25, -0.2) is 4.98 Å². The zero-order chi connectivity index (χ0) is 15.6. The second kappa shape index (κ2) is 5.66. The summed E-state index contributed by atoms with van der Waals surface area (Å²) in [7, 11) is 0. The van der Waals surface area contributed by atoms with Crippen molar-refractivity contribution in [2.75, 3.05) is 5.32 Å². The molecule has 1 aromatic carbocycles. The molecule has 7 heteroatoms. The first kappa shape index (κ1) is 14.6. The average Bonchev–Trinajstić information content (AvgIpc) is 2.84. The first-order valence-corrected chi connectivity index (χ1v) is 6.32. The van der Waals surface area contributed by atoms with E-state index in [-0.39, 0.29) is 17.3 Å². The van der Waals surface area contributed by atoms with Gasteiger partial charge in [0.15, 0.2) is 11.4 Å². The normalized spacial score (nSPS) is 9.76. The summed E-state index contributed by atoms with van der Waals surface area (Å²) in [4.78, 5) is 18.6. The Hall–Kier alpha value is -2.83. The third-order valence-corrected chi connectivity index (χ3v) is 3.29. The lowest BCUT2D eigenvalue weighted by Crippen LogP contribution is -2.14. The van der Waals surface area contributed by atoms with Gasteiger partial charge in [0.25, 0.3) is 5.91 Å². The number of anilines is 1. The minimum absolute atomic E-state index is 0.000941. The number of nitrogens with zero attached hydrogens (tertiary/aromatic N) is 3. The summed E-state index contributed by atoms with van der Waals surface area (Å²) >= 11 is 6.06. The largest absolute Gasteiger partial charge is 0.314 e. The number of carbonyl (C=O) groups excluding carboxylic acids is 1. The van der Waals surface area contributed by atoms with Crippen LogP contribution in [0.15, 0.2) is 12.1 Å². The molecule has 0 aliphatic rings. The fraction of sp³-hybridized carbons (Fsp3) is 0.143. The summed E-state index contributed by atoms with van der Waals surface area (Å²) in [5.74, 6) is -0.437. The van der Waals surface area contributed by atoms with Crippen LogP contribution in [0.25, 0.3) is 0 Å².